The highest BCUT2D eigenvalue weighted by Crippen LogP contribution is 2.48. The van der Waals surface area contributed by atoms with Crippen molar-refractivity contribution in [3.63, 3.8) is 0 Å². The molecule has 0 saturated carbocycles. The van der Waals surface area contributed by atoms with Gasteiger partial charge in [0.1, 0.15) is 15.7 Å². The van der Waals surface area contributed by atoms with Crippen LogP contribution in [0.15, 0.2) is 41.4 Å². The molecule has 9 heteroatoms. The van der Waals surface area contributed by atoms with E-state index in [-0.39, 0.29) is 22.3 Å². The zero-order valence-electron chi connectivity index (χ0n) is 12.7. The number of nitrogen functional groups attached to an aromatic ring is 1. The van der Waals surface area contributed by atoms with Gasteiger partial charge in [-0.15, -0.1) is 0 Å². The van der Waals surface area contributed by atoms with Crippen molar-refractivity contribution in [3.8, 4) is 0 Å². The van der Waals surface area contributed by atoms with E-state index in [1.165, 1.54) is 12.1 Å². The van der Waals surface area contributed by atoms with Gasteiger partial charge in [-0.2, -0.15) is 13.2 Å². The molecule has 0 saturated heterocycles. The van der Waals surface area contributed by atoms with Crippen LogP contribution in [0.3, 0.4) is 0 Å². The van der Waals surface area contributed by atoms with E-state index in [0.717, 1.165) is 0 Å². The lowest BCUT2D eigenvalue weighted by Gasteiger charge is -2.31. The molecule has 2 heterocycles. The largest absolute Gasteiger partial charge is 0.400 e. The lowest BCUT2D eigenvalue weighted by atomic mass is 9.77. The molecule has 3 rings (SSSR count). The van der Waals surface area contributed by atoms with Crippen LogP contribution in [0, 0.1) is 0 Å². The monoisotopic (exact) mass is 388 g/mol. The lowest BCUT2D eigenvalue weighted by molar-refractivity contribution is -0.183. The summed E-state index contributed by atoms with van der Waals surface area (Å²) >= 11 is 11.6. The minimum Gasteiger partial charge on any atom is -0.324 e. The van der Waals surface area contributed by atoms with Crippen molar-refractivity contribution in [1.29, 1.82) is 0 Å². The van der Waals surface area contributed by atoms with Gasteiger partial charge in [0.25, 0.3) is 0 Å². The molecule has 1 atom stereocenters. The fourth-order valence-corrected chi connectivity index (χ4v) is 3.33. The van der Waals surface area contributed by atoms with Gasteiger partial charge in [-0.05, 0) is 35.4 Å². The second-order valence-electron chi connectivity index (χ2n) is 5.74. The number of nitrogens with two attached hydrogens (primary N) is 1. The number of rotatable bonds is 3. The molecule has 0 spiro atoms. The van der Waals surface area contributed by atoms with Crippen molar-refractivity contribution in [2.24, 2.45) is 10.8 Å². The average Bonchev–Trinajstić information content (AvgIpc) is 3.00. The van der Waals surface area contributed by atoms with Crippen LogP contribution in [0.1, 0.15) is 17.5 Å². The standard InChI is InChI=1S/C16H13Cl2F3N4/c17-13-5-10(6-14(18)24-13)15(16(19,20)21)7-12(23-8-15)9-1-3-11(25-22)4-2-9/h1-6,25H,7-8,22H2. The first-order chi connectivity index (χ1) is 11.7. The molecule has 1 aromatic heterocycles. The Morgan fingerprint density at radius 1 is 1.08 bits per heavy atom. The molecule has 25 heavy (non-hydrogen) atoms. The highest BCUT2D eigenvalue weighted by molar-refractivity contribution is 6.32. The van der Waals surface area contributed by atoms with Crippen molar-refractivity contribution < 1.29 is 13.2 Å². The van der Waals surface area contributed by atoms with E-state index in [4.69, 9.17) is 29.0 Å². The predicted octanol–water partition coefficient (Wildman–Crippen LogP) is 4.37. The Labute approximate surface area is 151 Å². The van der Waals surface area contributed by atoms with Gasteiger partial charge in [0.15, 0.2) is 0 Å². The van der Waals surface area contributed by atoms with Crippen LogP contribution in [-0.4, -0.2) is 23.4 Å². The highest BCUT2D eigenvalue weighted by Gasteiger charge is 2.58. The first kappa shape index (κ1) is 18.0. The third kappa shape index (κ3) is 3.31. The molecule has 0 amide bonds. The molecule has 0 fully saturated rings. The van der Waals surface area contributed by atoms with E-state index >= 15 is 0 Å². The van der Waals surface area contributed by atoms with Gasteiger partial charge < -0.3 is 5.43 Å². The minimum absolute atomic E-state index is 0.0380. The van der Waals surface area contributed by atoms with Crippen LogP contribution in [-0.2, 0) is 5.41 Å². The SMILES string of the molecule is NNc1ccc(C2=NCC(c3cc(Cl)nc(Cl)c3)(C(F)(F)F)C2)cc1. The molecule has 1 unspecified atom stereocenters. The number of halogens is 5. The molecule has 132 valence electrons. The molecule has 0 bridgehead atoms. The van der Waals surface area contributed by atoms with Crippen LogP contribution in [0.2, 0.25) is 10.3 Å². The number of benzene rings is 1. The molecule has 0 radical (unpaired) electrons. The molecule has 1 aromatic carbocycles. The smallest absolute Gasteiger partial charge is 0.324 e. The maximum Gasteiger partial charge on any atom is 0.400 e. The number of nitrogens with zero attached hydrogens (tertiary/aromatic N) is 2. The summed E-state index contributed by atoms with van der Waals surface area (Å²) in [6.07, 6.45) is -4.83. The van der Waals surface area contributed by atoms with Gasteiger partial charge in [0.05, 0.1) is 6.54 Å². The summed E-state index contributed by atoms with van der Waals surface area (Å²) in [7, 11) is 0. The molecule has 3 N–H and O–H groups in total. The molecular formula is C16H13Cl2F3N4. The Kier molecular flexibility index (Phi) is 4.66. The summed E-state index contributed by atoms with van der Waals surface area (Å²) in [6, 6.07) is 9.08. The fraction of sp³-hybridized carbons (Fsp3) is 0.250. The normalized spacial score (nSPS) is 20.5. The van der Waals surface area contributed by atoms with Gasteiger partial charge in [-0.25, -0.2) is 4.98 Å². The number of hydrogen-bond acceptors (Lipinski definition) is 4. The third-order valence-corrected chi connectivity index (χ3v) is 4.64. The number of anilines is 1. The van der Waals surface area contributed by atoms with Gasteiger partial charge in [0, 0.05) is 17.8 Å². The molecule has 1 aliphatic heterocycles. The van der Waals surface area contributed by atoms with E-state index in [1.807, 2.05) is 0 Å². The molecular weight excluding hydrogens is 376 g/mol. The van der Waals surface area contributed by atoms with Gasteiger partial charge in [-0.1, -0.05) is 35.3 Å². The summed E-state index contributed by atoms with van der Waals surface area (Å²) in [5, 5.41) is -0.170. The maximum atomic E-state index is 14.0. The molecule has 4 nitrogen and oxygen atoms in total. The van der Waals surface area contributed by atoms with Crippen molar-refractivity contribution in [1.82, 2.24) is 4.98 Å². The molecule has 0 aliphatic carbocycles. The van der Waals surface area contributed by atoms with E-state index in [9.17, 15) is 13.2 Å². The van der Waals surface area contributed by atoms with Crippen LogP contribution in [0.4, 0.5) is 18.9 Å². The summed E-state index contributed by atoms with van der Waals surface area (Å²) in [5.74, 6) is 5.30. The maximum absolute atomic E-state index is 14.0. The van der Waals surface area contributed by atoms with Crippen molar-refractivity contribution in [2.75, 3.05) is 12.0 Å². The van der Waals surface area contributed by atoms with Crippen molar-refractivity contribution in [2.45, 2.75) is 18.0 Å². The Morgan fingerprint density at radius 3 is 2.20 bits per heavy atom. The molecule has 2 aromatic rings. The van der Waals surface area contributed by atoms with E-state index in [0.29, 0.717) is 17.0 Å². The minimum atomic E-state index is -4.52. The van der Waals surface area contributed by atoms with Gasteiger partial charge in [0.2, 0.25) is 0 Å². The number of hydrogen-bond donors (Lipinski definition) is 2. The summed E-state index contributed by atoms with van der Waals surface area (Å²) in [4.78, 5) is 7.88. The van der Waals surface area contributed by atoms with E-state index in [1.54, 1.807) is 24.3 Å². The zero-order valence-corrected chi connectivity index (χ0v) is 14.3. The Bertz CT molecular complexity index is 801. The summed E-state index contributed by atoms with van der Waals surface area (Å²) in [5.41, 5.74) is 1.88. The van der Waals surface area contributed by atoms with Crippen LogP contribution in [0.5, 0.6) is 0 Å². The van der Waals surface area contributed by atoms with Crippen LogP contribution in [0.25, 0.3) is 0 Å². The van der Waals surface area contributed by atoms with Crippen LogP contribution >= 0.6 is 23.2 Å². The number of nitrogens with one attached hydrogen (secondary N) is 1. The Hall–Kier alpha value is -1.83. The quantitative estimate of drug-likeness (QED) is 0.466. The molecule has 1 aliphatic rings. The van der Waals surface area contributed by atoms with Crippen molar-refractivity contribution in [3.05, 3.63) is 57.8 Å². The average molecular weight is 389 g/mol. The second-order valence-corrected chi connectivity index (χ2v) is 6.52. The third-order valence-electron chi connectivity index (χ3n) is 4.25. The first-order valence-corrected chi connectivity index (χ1v) is 8.01. The van der Waals surface area contributed by atoms with Gasteiger partial charge >= 0.3 is 6.18 Å². The van der Waals surface area contributed by atoms with E-state index < -0.39 is 18.1 Å². The number of aromatic nitrogens is 1. The first-order valence-electron chi connectivity index (χ1n) is 7.26. The second kappa shape index (κ2) is 6.48. The summed E-state index contributed by atoms with van der Waals surface area (Å²) in [6.45, 7) is -0.431. The predicted molar refractivity (Wildman–Crippen MR) is 92.3 cm³/mol. The van der Waals surface area contributed by atoms with Crippen LogP contribution < -0.4 is 11.3 Å². The number of hydrazine groups is 1. The Morgan fingerprint density at radius 2 is 1.68 bits per heavy atom. The van der Waals surface area contributed by atoms with Crippen molar-refractivity contribution >= 4 is 34.6 Å². The number of alkyl halides is 3. The number of aliphatic imine (C=N–C) groups is 1. The Balaban J connectivity index is 2.00. The fourth-order valence-electron chi connectivity index (χ4n) is 2.87. The lowest BCUT2D eigenvalue weighted by Crippen LogP contribution is -2.43. The summed E-state index contributed by atoms with van der Waals surface area (Å²) < 4.78 is 41.9. The zero-order chi connectivity index (χ0) is 18.2. The van der Waals surface area contributed by atoms with E-state index in [2.05, 4.69) is 15.4 Å². The topological polar surface area (TPSA) is 63.3 Å². The van der Waals surface area contributed by atoms with Gasteiger partial charge in [-0.3, -0.25) is 10.8 Å². The highest BCUT2D eigenvalue weighted by atomic mass is 35.5. The number of pyridine rings is 1.